The number of ether oxygens (including phenoxy) is 1. The zero-order valence-corrected chi connectivity index (χ0v) is 17.6. The quantitative estimate of drug-likeness (QED) is 0.556. The van der Waals surface area contributed by atoms with Crippen LogP contribution in [0.3, 0.4) is 0 Å². The minimum atomic E-state index is -0.655. The molecule has 6 heteroatoms. The Balaban J connectivity index is 0.000000408. The van der Waals surface area contributed by atoms with Crippen LogP contribution in [0.1, 0.15) is 39.5 Å². The number of nitrogens with one attached hydrogen (secondary N) is 1. The molecule has 4 aliphatic rings. The maximum atomic E-state index is 12.2. The third-order valence-electron chi connectivity index (χ3n) is 4.97. The Hall–Kier alpha value is -0.131. The average Bonchev–Trinajstić information content (AvgIpc) is 3.40. The van der Waals surface area contributed by atoms with Crippen molar-refractivity contribution in [1.29, 1.82) is 0 Å². The molecule has 10 radical (unpaired) electrons. The van der Waals surface area contributed by atoms with Crippen molar-refractivity contribution < 1.29 is 36.4 Å². The first-order valence-electron chi connectivity index (χ1n) is 9.64. The molecule has 0 aromatic rings. The van der Waals surface area contributed by atoms with E-state index in [0.717, 1.165) is 18.8 Å². The number of carbonyl (C=O) groups is 1. The largest absolute Gasteiger partial charge is 2.00 e. The second-order valence-corrected chi connectivity index (χ2v) is 7.87. The molecule has 1 aliphatic heterocycles. The van der Waals surface area contributed by atoms with Crippen LogP contribution in [-0.2, 0) is 36.4 Å². The van der Waals surface area contributed by atoms with Gasteiger partial charge in [0.15, 0.2) is 0 Å². The van der Waals surface area contributed by atoms with Gasteiger partial charge in [-0.05, 0) is 84.5 Å². The van der Waals surface area contributed by atoms with Crippen molar-refractivity contribution in [3.8, 4) is 0 Å². The SMILES string of the molecule is CC1(C)COC2(CCC(C(=O)NC[C]3[CH][CH][CH][CH]3)CC2)OO1.[CH]1[CH][CH][CH][CH]1.[Fe+2]. The van der Waals surface area contributed by atoms with Crippen LogP contribution in [0.25, 0.3) is 0 Å². The third kappa shape index (κ3) is 7.28. The Morgan fingerprint density at radius 3 is 2.07 bits per heavy atom. The molecular formula is C22H29FeNO4+2. The van der Waals surface area contributed by atoms with Crippen molar-refractivity contribution in [3.63, 3.8) is 0 Å². The standard InChI is InChI=1S/C17H24NO4.C5H5.Fe/c1-16(2)12-20-17(22-21-16)9-7-14(8-10-17)15(19)18-11-13-5-3-4-6-13;1-2-4-5-3-1;/h3-6,14H,7-12H2,1-2H3,(H,18,19);1-5H;/q;;+2. The molecule has 1 N–H and O–H groups in total. The summed E-state index contributed by atoms with van der Waals surface area (Å²) in [5.74, 6) is 0.629. The van der Waals surface area contributed by atoms with E-state index < -0.39 is 11.4 Å². The molecule has 1 saturated heterocycles. The maximum Gasteiger partial charge on any atom is 2.00 e. The molecule has 1 spiro atoms. The molecule has 4 fully saturated rings. The number of hydrogen-bond donors (Lipinski definition) is 1. The topological polar surface area (TPSA) is 56.8 Å². The molecule has 0 atom stereocenters. The van der Waals surface area contributed by atoms with Gasteiger partial charge in [-0.15, -0.1) is 0 Å². The summed E-state index contributed by atoms with van der Waals surface area (Å²) in [6.07, 6.45) is 20.9. The number of amides is 1. The van der Waals surface area contributed by atoms with Gasteiger partial charge in [0.2, 0.25) is 11.7 Å². The van der Waals surface area contributed by atoms with E-state index in [-0.39, 0.29) is 28.9 Å². The Morgan fingerprint density at radius 2 is 1.57 bits per heavy atom. The van der Waals surface area contributed by atoms with Gasteiger partial charge in [0.25, 0.3) is 0 Å². The summed E-state index contributed by atoms with van der Waals surface area (Å²) in [7, 11) is 0. The van der Waals surface area contributed by atoms with E-state index >= 15 is 0 Å². The fourth-order valence-electron chi connectivity index (χ4n) is 3.28. The first-order chi connectivity index (χ1) is 13.0. The monoisotopic (exact) mass is 427 g/mol. The van der Waals surface area contributed by atoms with Gasteiger partial charge in [-0.25, -0.2) is 9.78 Å². The summed E-state index contributed by atoms with van der Waals surface area (Å²) in [5.41, 5.74) is -0.404. The molecule has 0 bridgehead atoms. The number of hydrogen-bond acceptors (Lipinski definition) is 4. The van der Waals surface area contributed by atoms with Gasteiger partial charge in [0.05, 0.1) is 6.61 Å². The second-order valence-electron chi connectivity index (χ2n) is 7.87. The van der Waals surface area contributed by atoms with Crippen molar-refractivity contribution in [1.82, 2.24) is 5.32 Å². The molecule has 4 rings (SSSR count). The first-order valence-corrected chi connectivity index (χ1v) is 9.64. The normalized spacial score (nSPS) is 32.3. The summed E-state index contributed by atoms with van der Waals surface area (Å²) >= 11 is 0. The Labute approximate surface area is 181 Å². The molecule has 0 aromatic carbocycles. The van der Waals surface area contributed by atoms with E-state index in [1.807, 2.05) is 71.6 Å². The minimum Gasteiger partial charge on any atom is -0.355 e. The van der Waals surface area contributed by atoms with Crippen LogP contribution in [0.4, 0.5) is 0 Å². The van der Waals surface area contributed by atoms with Gasteiger partial charge >= 0.3 is 17.1 Å². The molecule has 3 saturated carbocycles. The molecule has 0 unspecified atom stereocenters. The van der Waals surface area contributed by atoms with Crippen molar-refractivity contribution in [2.24, 2.45) is 5.92 Å². The molecule has 3 aliphatic carbocycles. The molecule has 5 nitrogen and oxygen atoms in total. The third-order valence-corrected chi connectivity index (χ3v) is 4.97. The zero-order chi connectivity index (χ0) is 19.2. The summed E-state index contributed by atoms with van der Waals surface area (Å²) in [6.45, 7) is 4.98. The van der Waals surface area contributed by atoms with Gasteiger partial charge < -0.3 is 10.1 Å². The van der Waals surface area contributed by atoms with Crippen LogP contribution in [0.2, 0.25) is 0 Å². The van der Waals surface area contributed by atoms with Crippen molar-refractivity contribution in [2.75, 3.05) is 13.2 Å². The van der Waals surface area contributed by atoms with Crippen LogP contribution < -0.4 is 5.32 Å². The predicted molar refractivity (Wildman–Crippen MR) is 102 cm³/mol. The van der Waals surface area contributed by atoms with Crippen LogP contribution in [0.15, 0.2) is 0 Å². The van der Waals surface area contributed by atoms with Gasteiger partial charge in [0.1, 0.15) is 5.60 Å². The van der Waals surface area contributed by atoms with Gasteiger partial charge in [-0.3, -0.25) is 4.79 Å². The van der Waals surface area contributed by atoms with Gasteiger partial charge in [0, 0.05) is 31.2 Å². The molecule has 28 heavy (non-hydrogen) atoms. The summed E-state index contributed by atoms with van der Waals surface area (Å²) < 4.78 is 5.89. The summed E-state index contributed by atoms with van der Waals surface area (Å²) in [6, 6.07) is 0. The fraction of sp³-hybridized carbons (Fsp3) is 0.500. The van der Waals surface area contributed by atoms with E-state index in [4.69, 9.17) is 14.5 Å². The number of rotatable bonds is 3. The first kappa shape index (κ1) is 24.1. The van der Waals surface area contributed by atoms with E-state index in [1.165, 1.54) is 0 Å². The van der Waals surface area contributed by atoms with E-state index in [2.05, 4.69) is 5.32 Å². The van der Waals surface area contributed by atoms with Crippen molar-refractivity contribution in [3.05, 3.63) is 63.7 Å². The predicted octanol–water partition coefficient (Wildman–Crippen LogP) is 3.17. The zero-order valence-electron chi connectivity index (χ0n) is 16.5. The van der Waals surface area contributed by atoms with Gasteiger partial charge in [-0.2, -0.15) is 0 Å². The van der Waals surface area contributed by atoms with Crippen molar-refractivity contribution >= 4 is 5.91 Å². The molecule has 1 amide bonds. The number of carbonyl (C=O) groups excluding carboxylic acids is 1. The summed E-state index contributed by atoms with van der Waals surface area (Å²) in [5, 5.41) is 3.01. The van der Waals surface area contributed by atoms with Crippen LogP contribution in [-0.4, -0.2) is 30.4 Å². The Kier molecular flexibility index (Phi) is 9.75. The van der Waals surface area contributed by atoms with E-state index in [1.54, 1.807) is 0 Å². The van der Waals surface area contributed by atoms with Crippen LogP contribution in [0, 0.1) is 69.6 Å². The fourth-order valence-corrected chi connectivity index (χ4v) is 3.28. The summed E-state index contributed by atoms with van der Waals surface area (Å²) in [4.78, 5) is 23.2. The second kappa shape index (κ2) is 11.3. The van der Waals surface area contributed by atoms with E-state index in [0.29, 0.717) is 26.0 Å². The van der Waals surface area contributed by atoms with Crippen LogP contribution >= 0.6 is 0 Å². The molecule has 152 valence electrons. The molecule has 1 heterocycles. The molecule has 0 aromatic heterocycles. The van der Waals surface area contributed by atoms with Crippen LogP contribution in [0.5, 0.6) is 0 Å². The smallest absolute Gasteiger partial charge is 0.355 e. The Morgan fingerprint density at radius 1 is 1.00 bits per heavy atom. The van der Waals surface area contributed by atoms with E-state index in [9.17, 15) is 4.79 Å². The van der Waals surface area contributed by atoms with Gasteiger partial charge in [-0.1, -0.05) is 0 Å². The Bertz CT molecular complexity index is 448. The minimum absolute atomic E-state index is 0. The average molecular weight is 427 g/mol. The van der Waals surface area contributed by atoms with Crippen molar-refractivity contribution in [2.45, 2.75) is 50.9 Å². The molecular weight excluding hydrogens is 398 g/mol. The maximum absolute atomic E-state index is 12.2.